The Morgan fingerprint density at radius 2 is 0.771 bits per heavy atom. The molecule has 220 valence electrons. The number of hydrogen-bond donors (Lipinski definition) is 0. The first-order chi connectivity index (χ1) is 31.3. The van der Waals surface area contributed by atoms with E-state index in [0.29, 0.717) is 11.1 Å². The van der Waals surface area contributed by atoms with Gasteiger partial charge in [-0.25, -0.2) is 0 Å². The summed E-state index contributed by atoms with van der Waals surface area (Å²) in [4.78, 5) is 0. The van der Waals surface area contributed by atoms with Crippen LogP contribution < -0.4 is 0 Å². The van der Waals surface area contributed by atoms with Gasteiger partial charge < -0.3 is 0 Å². The first kappa shape index (κ1) is 14.3. The summed E-state index contributed by atoms with van der Waals surface area (Å²) in [6.07, 6.45) is 0. The molecule has 0 N–H and O–H groups in total. The largest absolute Gasteiger partial charge is 0.0630 e. The molecular weight excluding hydrogens is 577 g/mol. The van der Waals surface area contributed by atoms with Gasteiger partial charge in [0.25, 0.3) is 0 Å². The van der Waals surface area contributed by atoms with Crippen LogP contribution in [0.5, 0.6) is 0 Å². The van der Waals surface area contributed by atoms with Crippen LogP contribution in [0.15, 0.2) is 169 Å². The summed E-state index contributed by atoms with van der Waals surface area (Å²) in [5.74, 6) is 0. The molecule has 0 bridgehead atoms. The van der Waals surface area contributed by atoms with E-state index in [1.807, 2.05) is 42.5 Å². The number of hydrogen-bond acceptors (Lipinski definition) is 0. The molecule has 0 amide bonds. The molecule has 0 aliphatic carbocycles. The molecule has 0 radical (unpaired) electrons. The molecule has 11 rings (SSSR count). The molecule has 0 aliphatic heterocycles. The van der Waals surface area contributed by atoms with Gasteiger partial charge in [0, 0.05) is 0 Å². The van der Waals surface area contributed by atoms with E-state index in [1.54, 1.807) is 18.2 Å². The standard InChI is InChI=1S/C48H28/c1-2-6-36-27-37(16-11-29(36)5-1)40-23-21-38(39-22-17-34-14-12-30-7-3-9-32-19-25-42(39)47(34)45(30)32)28-44(40)41-24-18-35-15-13-31-8-4-10-33-20-26-43(41)48(35)46(31)33/h1-28H/i3D,4D,7D,8D,9D,10D,12D,13D,14D,15D,17D,18D,19D,20D,22D,24D,25D,26D. The Morgan fingerprint density at radius 1 is 0.292 bits per heavy atom. The quantitative estimate of drug-likeness (QED) is 0.172. The number of fused-ring (bicyclic) bond motifs is 1. The first-order valence-corrected chi connectivity index (χ1v) is 15.3. The van der Waals surface area contributed by atoms with Crippen LogP contribution in [0.25, 0.3) is 109 Å². The Labute approximate surface area is 303 Å². The lowest BCUT2D eigenvalue weighted by Crippen LogP contribution is -1.92. The normalized spacial score (nSPS) is 17.4. The summed E-state index contributed by atoms with van der Waals surface area (Å²) < 4.78 is 164. The number of rotatable bonds is 3. The van der Waals surface area contributed by atoms with Crippen molar-refractivity contribution in [2.45, 2.75) is 0 Å². The minimum absolute atomic E-state index is 0.00913. The average Bonchev–Trinajstić information content (AvgIpc) is 3.30. The van der Waals surface area contributed by atoms with Crippen molar-refractivity contribution in [2.24, 2.45) is 0 Å². The van der Waals surface area contributed by atoms with E-state index >= 15 is 0 Å². The van der Waals surface area contributed by atoms with Gasteiger partial charge in [-0.15, -0.1) is 0 Å². The molecule has 0 aliphatic rings. The summed E-state index contributed by atoms with van der Waals surface area (Å²) in [6, 6.07) is 8.34. The highest BCUT2D eigenvalue weighted by Crippen LogP contribution is 2.45. The monoisotopic (exact) mass is 622 g/mol. The van der Waals surface area contributed by atoms with Crippen molar-refractivity contribution in [3.8, 4) is 33.4 Å². The van der Waals surface area contributed by atoms with E-state index in [4.69, 9.17) is 13.7 Å². The fourth-order valence-electron chi connectivity index (χ4n) is 7.06. The van der Waals surface area contributed by atoms with Gasteiger partial charge in [0.1, 0.15) is 0 Å². The lowest BCUT2D eigenvalue weighted by molar-refractivity contribution is 1.60. The van der Waals surface area contributed by atoms with Crippen LogP contribution in [0.1, 0.15) is 24.7 Å². The minimum Gasteiger partial charge on any atom is -0.0616 e. The second-order valence-corrected chi connectivity index (χ2v) is 11.8. The molecule has 0 saturated carbocycles. The van der Waals surface area contributed by atoms with E-state index in [9.17, 15) is 11.0 Å². The van der Waals surface area contributed by atoms with Gasteiger partial charge in [-0.05, 0) is 121 Å². The molecule has 11 aromatic carbocycles. The average molecular weight is 623 g/mol. The molecule has 0 fully saturated rings. The molecule has 0 heterocycles. The highest BCUT2D eigenvalue weighted by Gasteiger charge is 2.18. The molecule has 0 heteroatoms. The van der Waals surface area contributed by atoms with Crippen LogP contribution in [-0.2, 0) is 0 Å². The zero-order valence-corrected chi connectivity index (χ0v) is 24.8. The Kier molecular flexibility index (Phi) is 2.86. The zero-order chi connectivity index (χ0) is 47.0. The number of benzene rings is 11. The van der Waals surface area contributed by atoms with Crippen molar-refractivity contribution >= 4 is 75.4 Å². The Hall–Kier alpha value is -6.24. The van der Waals surface area contributed by atoms with Crippen LogP contribution in [0.2, 0.25) is 0 Å². The third kappa shape index (κ3) is 3.60. The summed E-state index contributed by atoms with van der Waals surface area (Å²) >= 11 is 0. The van der Waals surface area contributed by atoms with Gasteiger partial charge in [0.2, 0.25) is 0 Å². The third-order valence-corrected chi connectivity index (χ3v) is 9.26. The zero-order valence-electron chi connectivity index (χ0n) is 42.8. The van der Waals surface area contributed by atoms with Crippen LogP contribution in [-0.4, -0.2) is 0 Å². The van der Waals surface area contributed by atoms with Gasteiger partial charge in [0.05, 0.1) is 24.7 Å². The second kappa shape index (κ2) is 9.64. The fraction of sp³-hybridized carbons (Fsp3) is 0. The first-order valence-electron chi connectivity index (χ1n) is 24.3. The van der Waals surface area contributed by atoms with Crippen LogP contribution >= 0.6 is 0 Å². The van der Waals surface area contributed by atoms with E-state index in [2.05, 4.69) is 0 Å². The van der Waals surface area contributed by atoms with E-state index in [0.717, 1.165) is 10.8 Å². The SMILES string of the molecule is [2H]c1c([2H])c2c([2H])c([2H])c3c([2H])c([2H])c(-c4ccc(-c5ccc6ccccc6c5)c(-c5c([2H])c([2H])c6c([2H])c([2H])c7c([2H])c([2H])c([2H])c8c([2H])c([2H])c5c6c78)c4)c4c([2H])c([2H])c(c1[2H])c2c34. The molecule has 0 spiro atoms. The van der Waals surface area contributed by atoms with Gasteiger partial charge in [-0.1, -0.05) is 157 Å². The van der Waals surface area contributed by atoms with Gasteiger partial charge in [-0.2, -0.15) is 0 Å². The maximum atomic E-state index is 9.69. The summed E-state index contributed by atoms with van der Waals surface area (Å²) in [5, 5.41) is 0.167. The Morgan fingerprint density at radius 3 is 1.42 bits per heavy atom. The van der Waals surface area contributed by atoms with Crippen molar-refractivity contribution in [2.75, 3.05) is 0 Å². The van der Waals surface area contributed by atoms with E-state index < -0.39 is 109 Å². The van der Waals surface area contributed by atoms with E-state index in [1.165, 1.54) is 0 Å². The predicted octanol–water partition coefficient (Wildman–Crippen LogP) is 13.6. The predicted molar refractivity (Wildman–Crippen MR) is 208 cm³/mol. The molecule has 0 nitrogen and oxygen atoms in total. The summed E-state index contributed by atoms with van der Waals surface area (Å²) in [7, 11) is 0. The minimum atomic E-state index is -0.604. The van der Waals surface area contributed by atoms with Gasteiger partial charge >= 0.3 is 0 Å². The molecule has 48 heavy (non-hydrogen) atoms. The van der Waals surface area contributed by atoms with Crippen molar-refractivity contribution < 1.29 is 24.7 Å². The van der Waals surface area contributed by atoms with E-state index in [-0.39, 0.29) is 86.9 Å². The third-order valence-electron chi connectivity index (χ3n) is 9.26. The van der Waals surface area contributed by atoms with Gasteiger partial charge in [0.15, 0.2) is 0 Å². The second-order valence-electron chi connectivity index (χ2n) is 11.8. The lowest BCUT2D eigenvalue weighted by Gasteiger charge is -2.19. The molecular formula is C48H28. The molecule has 0 unspecified atom stereocenters. The van der Waals surface area contributed by atoms with Gasteiger partial charge in [-0.3, -0.25) is 0 Å². The molecule has 0 saturated heterocycles. The van der Waals surface area contributed by atoms with Crippen molar-refractivity contribution in [3.05, 3.63) is 169 Å². The molecule has 0 atom stereocenters. The van der Waals surface area contributed by atoms with Crippen molar-refractivity contribution in [1.29, 1.82) is 0 Å². The topological polar surface area (TPSA) is 0 Å². The molecule has 0 aromatic heterocycles. The summed E-state index contributed by atoms with van der Waals surface area (Å²) in [6.45, 7) is 0. The van der Waals surface area contributed by atoms with Crippen LogP contribution in [0.4, 0.5) is 0 Å². The molecule has 11 aromatic rings. The van der Waals surface area contributed by atoms with Crippen LogP contribution in [0.3, 0.4) is 0 Å². The summed E-state index contributed by atoms with van der Waals surface area (Å²) in [5.41, 5.74) is 1.15. The Balaban J connectivity index is 1.36. The van der Waals surface area contributed by atoms with Crippen LogP contribution in [0, 0.1) is 0 Å². The Bertz CT molecular complexity index is 4030. The maximum Gasteiger partial charge on any atom is 0.0630 e. The highest BCUT2D eigenvalue weighted by atomic mass is 14.2. The maximum absolute atomic E-state index is 9.69. The lowest BCUT2D eigenvalue weighted by atomic mass is 9.84. The van der Waals surface area contributed by atoms with Crippen molar-refractivity contribution in [3.63, 3.8) is 0 Å². The smallest absolute Gasteiger partial charge is 0.0616 e. The van der Waals surface area contributed by atoms with Crippen molar-refractivity contribution in [1.82, 2.24) is 0 Å². The fourth-order valence-corrected chi connectivity index (χ4v) is 7.06. The highest BCUT2D eigenvalue weighted by molar-refractivity contribution is 6.27.